The van der Waals surface area contributed by atoms with Crippen molar-refractivity contribution < 1.29 is 4.79 Å². The molecule has 1 saturated heterocycles. The summed E-state index contributed by atoms with van der Waals surface area (Å²) in [5.74, 6) is -0.216. The molecule has 1 N–H and O–H groups in total. The van der Waals surface area contributed by atoms with E-state index in [9.17, 15) is 4.79 Å². The van der Waals surface area contributed by atoms with Crippen molar-refractivity contribution in [3.63, 3.8) is 0 Å². The highest BCUT2D eigenvalue weighted by molar-refractivity contribution is 7.13. The number of nitrogens with one attached hydrogen (secondary N) is 1. The predicted octanol–water partition coefficient (Wildman–Crippen LogP) is 2.76. The van der Waals surface area contributed by atoms with Gasteiger partial charge in [-0.2, -0.15) is 0 Å². The number of anilines is 1. The fraction of sp³-hybridized carbons (Fsp3) is 0.273. The summed E-state index contributed by atoms with van der Waals surface area (Å²) < 4.78 is 2.06. The Labute approximate surface area is 184 Å². The number of carbonyl (C=O) groups is 1. The lowest BCUT2D eigenvalue weighted by Gasteiger charge is -2.33. The molecule has 1 aromatic carbocycles. The van der Waals surface area contributed by atoms with Crippen LogP contribution in [0.2, 0.25) is 0 Å². The minimum absolute atomic E-state index is 0.216. The summed E-state index contributed by atoms with van der Waals surface area (Å²) in [6.45, 7) is 5.45. The van der Waals surface area contributed by atoms with Gasteiger partial charge in [0.05, 0.1) is 12.2 Å². The first-order valence-corrected chi connectivity index (χ1v) is 11.1. The number of carbonyl (C=O) groups excluding carboxylic acids is 1. The van der Waals surface area contributed by atoms with E-state index in [1.165, 1.54) is 11.3 Å². The molecule has 0 atom stereocenters. The number of rotatable bonds is 6. The van der Waals surface area contributed by atoms with Crippen molar-refractivity contribution in [2.75, 3.05) is 31.5 Å². The van der Waals surface area contributed by atoms with Crippen molar-refractivity contribution >= 4 is 28.6 Å². The third-order valence-corrected chi connectivity index (χ3v) is 6.22. The fourth-order valence-corrected chi connectivity index (χ4v) is 4.48. The van der Waals surface area contributed by atoms with Crippen LogP contribution >= 0.6 is 11.3 Å². The van der Waals surface area contributed by atoms with E-state index in [1.54, 1.807) is 0 Å². The quantitative estimate of drug-likeness (QED) is 0.504. The Kier molecular flexibility index (Phi) is 5.70. The van der Waals surface area contributed by atoms with E-state index in [1.807, 2.05) is 54.7 Å². The zero-order valence-electron chi connectivity index (χ0n) is 17.0. The molecule has 31 heavy (non-hydrogen) atoms. The maximum atomic E-state index is 12.4. The van der Waals surface area contributed by atoms with Crippen LogP contribution in [0.15, 0.2) is 60.9 Å². The number of piperazine rings is 1. The van der Waals surface area contributed by atoms with Gasteiger partial charge in [-0.05, 0) is 24.3 Å². The van der Waals surface area contributed by atoms with Crippen LogP contribution in [0.3, 0.4) is 0 Å². The van der Waals surface area contributed by atoms with Crippen LogP contribution in [0.25, 0.3) is 5.65 Å². The van der Waals surface area contributed by atoms with Crippen LogP contribution in [0.5, 0.6) is 0 Å². The van der Waals surface area contributed by atoms with Gasteiger partial charge in [-0.25, -0.2) is 4.98 Å². The molecule has 4 aromatic rings. The van der Waals surface area contributed by atoms with Crippen LogP contribution in [0, 0.1) is 0 Å². The van der Waals surface area contributed by atoms with Crippen molar-refractivity contribution in [2.45, 2.75) is 13.1 Å². The lowest BCUT2D eigenvalue weighted by atomic mass is 10.3. The molecular formula is C22H23N7OS. The van der Waals surface area contributed by atoms with Crippen LogP contribution in [0.4, 0.5) is 5.69 Å². The van der Waals surface area contributed by atoms with E-state index < -0.39 is 0 Å². The Hall–Kier alpha value is -3.14. The number of fused-ring (bicyclic) bond motifs is 1. The summed E-state index contributed by atoms with van der Waals surface area (Å²) in [4.78, 5) is 21.9. The zero-order chi connectivity index (χ0) is 21.0. The first-order valence-electron chi connectivity index (χ1n) is 10.3. The van der Waals surface area contributed by atoms with Crippen molar-refractivity contribution in [1.29, 1.82) is 0 Å². The lowest BCUT2D eigenvalue weighted by molar-refractivity contribution is 0.102. The Morgan fingerprint density at radius 3 is 2.45 bits per heavy atom. The van der Waals surface area contributed by atoms with Crippen LogP contribution < -0.4 is 5.32 Å². The molecule has 0 aliphatic carbocycles. The summed E-state index contributed by atoms with van der Waals surface area (Å²) >= 11 is 1.36. The standard InChI is InChI=1S/C22H23N7OS/c30-21(24-17-6-2-1-3-7-17)22-26-25-20(31-22)16-28-12-10-27(11-13-28)14-18-15-29-9-5-4-8-19(29)23-18/h1-9,15H,10-14,16H2,(H,24,30). The lowest BCUT2D eigenvalue weighted by Crippen LogP contribution is -2.45. The third kappa shape index (κ3) is 4.79. The third-order valence-electron chi connectivity index (χ3n) is 5.32. The van der Waals surface area contributed by atoms with Gasteiger partial charge in [0, 0.05) is 50.8 Å². The van der Waals surface area contributed by atoms with Crippen LogP contribution in [-0.4, -0.2) is 61.5 Å². The number of aromatic nitrogens is 4. The molecule has 0 spiro atoms. The number of amides is 1. The highest BCUT2D eigenvalue weighted by Crippen LogP contribution is 2.17. The van der Waals surface area contributed by atoms with Gasteiger partial charge in [-0.1, -0.05) is 35.6 Å². The van der Waals surface area contributed by atoms with Crippen molar-refractivity contribution in [2.24, 2.45) is 0 Å². The summed E-state index contributed by atoms with van der Waals surface area (Å²) in [6, 6.07) is 15.4. The van der Waals surface area contributed by atoms with E-state index in [4.69, 9.17) is 4.98 Å². The van der Waals surface area contributed by atoms with Gasteiger partial charge in [-0.3, -0.25) is 14.6 Å². The number of hydrogen-bond donors (Lipinski definition) is 1. The van der Waals surface area contributed by atoms with Gasteiger partial charge in [0.25, 0.3) is 5.91 Å². The number of pyridine rings is 1. The molecule has 3 aromatic heterocycles. The molecular weight excluding hydrogens is 410 g/mol. The first-order chi connectivity index (χ1) is 15.2. The van der Waals surface area contributed by atoms with E-state index >= 15 is 0 Å². The van der Waals surface area contributed by atoms with Gasteiger partial charge in [0.15, 0.2) is 0 Å². The monoisotopic (exact) mass is 433 g/mol. The van der Waals surface area contributed by atoms with Gasteiger partial charge in [0.2, 0.25) is 5.01 Å². The highest BCUT2D eigenvalue weighted by atomic mass is 32.1. The molecule has 5 rings (SSSR count). The van der Waals surface area contributed by atoms with Crippen molar-refractivity contribution in [1.82, 2.24) is 29.4 Å². The minimum Gasteiger partial charge on any atom is -0.320 e. The van der Waals surface area contributed by atoms with E-state index in [-0.39, 0.29) is 5.91 Å². The summed E-state index contributed by atoms with van der Waals surface area (Å²) in [6.07, 6.45) is 4.13. The van der Waals surface area contributed by atoms with E-state index in [0.717, 1.165) is 61.3 Å². The molecule has 1 aliphatic rings. The molecule has 1 fully saturated rings. The first kappa shape index (κ1) is 19.8. The molecule has 0 bridgehead atoms. The smallest absolute Gasteiger partial charge is 0.286 e. The molecule has 0 unspecified atom stereocenters. The number of benzene rings is 1. The molecule has 1 amide bonds. The fourth-order valence-electron chi connectivity index (χ4n) is 3.70. The maximum Gasteiger partial charge on any atom is 0.286 e. The second-order valence-corrected chi connectivity index (χ2v) is 8.63. The second-order valence-electron chi connectivity index (χ2n) is 7.57. The van der Waals surface area contributed by atoms with Crippen LogP contribution in [0.1, 0.15) is 20.5 Å². The van der Waals surface area contributed by atoms with Gasteiger partial charge in [0.1, 0.15) is 10.7 Å². The molecule has 1 aliphatic heterocycles. The largest absolute Gasteiger partial charge is 0.320 e. The predicted molar refractivity (Wildman–Crippen MR) is 120 cm³/mol. The maximum absolute atomic E-state index is 12.4. The Morgan fingerprint density at radius 1 is 0.935 bits per heavy atom. The van der Waals surface area contributed by atoms with E-state index in [0.29, 0.717) is 5.01 Å². The van der Waals surface area contributed by atoms with E-state index in [2.05, 4.69) is 35.9 Å². The molecule has 9 heteroatoms. The SMILES string of the molecule is O=C(Nc1ccccc1)c1nnc(CN2CCN(Cc3cn4ccccc4n3)CC2)s1. The Bertz CT molecular complexity index is 1130. The minimum atomic E-state index is -0.216. The molecule has 0 radical (unpaired) electrons. The summed E-state index contributed by atoms with van der Waals surface area (Å²) in [5, 5.41) is 12.4. The van der Waals surface area contributed by atoms with Crippen molar-refractivity contribution in [3.8, 4) is 0 Å². The summed E-state index contributed by atoms with van der Waals surface area (Å²) in [7, 11) is 0. The van der Waals surface area contributed by atoms with Gasteiger partial charge < -0.3 is 9.72 Å². The highest BCUT2D eigenvalue weighted by Gasteiger charge is 2.20. The average molecular weight is 434 g/mol. The molecule has 8 nitrogen and oxygen atoms in total. The number of hydrogen-bond acceptors (Lipinski definition) is 7. The summed E-state index contributed by atoms with van der Waals surface area (Å²) in [5.41, 5.74) is 2.84. The average Bonchev–Trinajstić information content (AvgIpc) is 3.42. The van der Waals surface area contributed by atoms with Gasteiger partial charge in [-0.15, -0.1) is 10.2 Å². The number of imidazole rings is 1. The Balaban J connectivity index is 1.12. The number of para-hydroxylation sites is 1. The molecule has 4 heterocycles. The zero-order valence-corrected chi connectivity index (χ0v) is 17.8. The Morgan fingerprint density at radius 2 is 1.68 bits per heavy atom. The molecule has 158 valence electrons. The number of nitrogens with zero attached hydrogens (tertiary/aromatic N) is 6. The normalized spacial score (nSPS) is 15.4. The van der Waals surface area contributed by atoms with Crippen molar-refractivity contribution in [3.05, 3.63) is 76.6 Å². The van der Waals surface area contributed by atoms with Crippen LogP contribution in [-0.2, 0) is 13.1 Å². The molecule has 0 saturated carbocycles. The van der Waals surface area contributed by atoms with Gasteiger partial charge >= 0.3 is 0 Å². The second kappa shape index (κ2) is 8.93. The topological polar surface area (TPSA) is 78.7 Å².